The van der Waals surface area contributed by atoms with E-state index < -0.39 is 0 Å². The Balaban J connectivity index is 1.62. The van der Waals surface area contributed by atoms with Crippen LogP contribution in [0, 0.1) is 0 Å². The number of aromatic amines is 1. The molecule has 23 heavy (non-hydrogen) atoms. The molecular formula is C17H16N4O2. The number of furan rings is 1. The summed E-state index contributed by atoms with van der Waals surface area (Å²) in [5.74, 6) is 1.07. The molecule has 4 rings (SSSR count). The van der Waals surface area contributed by atoms with Gasteiger partial charge in [0.25, 0.3) is 5.56 Å². The quantitative estimate of drug-likeness (QED) is 0.801. The molecule has 3 aromatic rings. The van der Waals surface area contributed by atoms with Crippen molar-refractivity contribution in [1.82, 2.24) is 19.9 Å². The highest BCUT2D eigenvalue weighted by Gasteiger charge is 2.21. The maximum atomic E-state index is 12.3. The van der Waals surface area contributed by atoms with E-state index in [1.807, 2.05) is 12.1 Å². The third kappa shape index (κ3) is 2.80. The van der Waals surface area contributed by atoms with Gasteiger partial charge in [0.1, 0.15) is 0 Å². The maximum absolute atomic E-state index is 12.3. The molecule has 3 aromatic heterocycles. The fourth-order valence-corrected chi connectivity index (χ4v) is 2.91. The number of hydrogen-bond donors (Lipinski definition) is 1. The van der Waals surface area contributed by atoms with Crippen molar-refractivity contribution in [1.29, 1.82) is 0 Å². The molecule has 0 saturated heterocycles. The Morgan fingerprint density at radius 3 is 2.91 bits per heavy atom. The molecule has 0 unspecified atom stereocenters. The summed E-state index contributed by atoms with van der Waals surface area (Å²) in [6, 6.07) is 7.59. The second-order valence-corrected chi connectivity index (χ2v) is 5.63. The van der Waals surface area contributed by atoms with E-state index >= 15 is 0 Å². The van der Waals surface area contributed by atoms with Crippen LogP contribution in [0.4, 0.5) is 0 Å². The Morgan fingerprint density at radius 1 is 1.26 bits per heavy atom. The maximum Gasteiger partial charge on any atom is 0.254 e. The second kappa shape index (κ2) is 5.81. The minimum absolute atomic E-state index is 0.0649. The van der Waals surface area contributed by atoms with Gasteiger partial charge in [-0.25, -0.2) is 4.98 Å². The first-order valence-corrected chi connectivity index (χ1v) is 7.57. The summed E-state index contributed by atoms with van der Waals surface area (Å²) in [5, 5.41) is 0. The third-order valence-electron chi connectivity index (χ3n) is 4.06. The largest absolute Gasteiger partial charge is 0.461 e. The zero-order valence-corrected chi connectivity index (χ0v) is 12.5. The van der Waals surface area contributed by atoms with Crippen LogP contribution in [0.15, 0.2) is 52.1 Å². The van der Waals surface area contributed by atoms with E-state index in [4.69, 9.17) is 4.42 Å². The predicted octanol–water partition coefficient (Wildman–Crippen LogP) is 1.98. The molecule has 0 amide bonds. The normalized spacial score (nSPS) is 14.6. The Labute approximate surface area is 132 Å². The molecule has 0 spiro atoms. The first-order valence-electron chi connectivity index (χ1n) is 7.57. The standard InChI is InChI=1S/C17H16N4O2/c22-17-13-5-8-21(10-12-3-6-18-7-4-12)11-14(13)19-16(20-17)15-2-1-9-23-15/h1-4,6-7,9H,5,8,10-11H2,(H,19,20,22). The average molecular weight is 308 g/mol. The Bertz CT molecular complexity index is 856. The van der Waals surface area contributed by atoms with Gasteiger partial charge in [-0.15, -0.1) is 0 Å². The fourth-order valence-electron chi connectivity index (χ4n) is 2.91. The first kappa shape index (κ1) is 13.9. The molecule has 4 heterocycles. The summed E-state index contributed by atoms with van der Waals surface area (Å²) in [7, 11) is 0. The molecule has 0 saturated carbocycles. The van der Waals surface area contributed by atoms with Crippen LogP contribution in [0.25, 0.3) is 11.6 Å². The number of rotatable bonds is 3. The van der Waals surface area contributed by atoms with Crippen molar-refractivity contribution < 1.29 is 4.42 Å². The Kier molecular flexibility index (Phi) is 3.51. The number of nitrogens with one attached hydrogen (secondary N) is 1. The molecule has 6 heteroatoms. The lowest BCUT2D eigenvalue weighted by atomic mass is 10.1. The summed E-state index contributed by atoms with van der Waals surface area (Å²) in [6.45, 7) is 2.34. The number of hydrogen-bond acceptors (Lipinski definition) is 5. The minimum atomic E-state index is -0.0649. The summed E-state index contributed by atoms with van der Waals surface area (Å²) >= 11 is 0. The van der Waals surface area contributed by atoms with Crippen molar-refractivity contribution in [3.63, 3.8) is 0 Å². The van der Waals surface area contributed by atoms with Crippen LogP contribution in [-0.2, 0) is 19.5 Å². The van der Waals surface area contributed by atoms with Gasteiger partial charge in [-0.05, 0) is 36.2 Å². The molecule has 1 aliphatic rings. The van der Waals surface area contributed by atoms with Gasteiger partial charge in [0.15, 0.2) is 11.6 Å². The number of fused-ring (bicyclic) bond motifs is 1. The molecule has 0 radical (unpaired) electrons. The lowest BCUT2D eigenvalue weighted by molar-refractivity contribution is 0.240. The molecule has 116 valence electrons. The number of nitrogens with zero attached hydrogens (tertiary/aromatic N) is 3. The lowest BCUT2D eigenvalue weighted by Gasteiger charge is -2.27. The third-order valence-corrected chi connectivity index (χ3v) is 4.06. The molecule has 0 aliphatic carbocycles. The highest BCUT2D eigenvalue weighted by atomic mass is 16.3. The summed E-state index contributed by atoms with van der Waals surface area (Å²) in [5.41, 5.74) is 2.76. The molecule has 1 N–H and O–H groups in total. The van der Waals surface area contributed by atoms with Gasteiger partial charge < -0.3 is 9.40 Å². The second-order valence-electron chi connectivity index (χ2n) is 5.63. The highest BCUT2D eigenvalue weighted by molar-refractivity contribution is 5.46. The molecular weight excluding hydrogens is 292 g/mol. The van der Waals surface area contributed by atoms with E-state index in [-0.39, 0.29) is 5.56 Å². The summed E-state index contributed by atoms with van der Waals surface area (Å²) in [6.07, 6.45) is 5.88. The van der Waals surface area contributed by atoms with Crippen molar-refractivity contribution in [3.8, 4) is 11.6 Å². The van der Waals surface area contributed by atoms with E-state index in [0.29, 0.717) is 24.6 Å². The van der Waals surface area contributed by atoms with Gasteiger partial charge >= 0.3 is 0 Å². The zero-order valence-electron chi connectivity index (χ0n) is 12.5. The molecule has 0 atom stereocenters. The number of aromatic nitrogens is 3. The van der Waals surface area contributed by atoms with Crippen LogP contribution in [-0.4, -0.2) is 26.4 Å². The van der Waals surface area contributed by atoms with Crippen LogP contribution in [0.5, 0.6) is 0 Å². The zero-order chi connectivity index (χ0) is 15.6. The fraction of sp³-hybridized carbons (Fsp3) is 0.235. The lowest BCUT2D eigenvalue weighted by Crippen LogP contribution is -2.35. The van der Waals surface area contributed by atoms with E-state index in [1.54, 1.807) is 30.8 Å². The monoisotopic (exact) mass is 308 g/mol. The van der Waals surface area contributed by atoms with E-state index in [9.17, 15) is 4.79 Å². The van der Waals surface area contributed by atoms with E-state index in [2.05, 4.69) is 19.9 Å². The smallest absolute Gasteiger partial charge is 0.254 e. The minimum Gasteiger partial charge on any atom is -0.461 e. The van der Waals surface area contributed by atoms with Crippen LogP contribution in [0.1, 0.15) is 16.8 Å². The van der Waals surface area contributed by atoms with E-state index in [0.717, 1.165) is 24.3 Å². The van der Waals surface area contributed by atoms with E-state index in [1.165, 1.54) is 5.56 Å². The number of pyridine rings is 1. The number of H-pyrrole nitrogens is 1. The van der Waals surface area contributed by atoms with Crippen molar-refractivity contribution >= 4 is 0 Å². The predicted molar refractivity (Wildman–Crippen MR) is 84.6 cm³/mol. The van der Waals surface area contributed by atoms with Crippen LogP contribution >= 0.6 is 0 Å². The van der Waals surface area contributed by atoms with Gasteiger partial charge in [0.05, 0.1) is 12.0 Å². The van der Waals surface area contributed by atoms with Gasteiger partial charge in [0, 0.05) is 37.6 Å². The molecule has 1 aliphatic heterocycles. The first-order chi connectivity index (χ1) is 11.3. The summed E-state index contributed by atoms with van der Waals surface area (Å²) < 4.78 is 5.33. The average Bonchev–Trinajstić information content (AvgIpc) is 3.10. The van der Waals surface area contributed by atoms with Crippen LogP contribution in [0.3, 0.4) is 0 Å². The topological polar surface area (TPSA) is 75.0 Å². The van der Waals surface area contributed by atoms with Crippen molar-refractivity contribution in [2.24, 2.45) is 0 Å². The van der Waals surface area contributed by atoms with Crippen LogP contribution < -0.4 is 5.56 Å². The Hall–Kier alpha value is -2.73. The molecule has 6 nitrogen and oxygen atoms in total. The van der Waals surface area contributed by atoms with Crippen molar-refractivity contribution in [2.45, 2.75) is 19.5 Å². The summed E-state index contributed by atoms with van der Waals surface area (Å²) in [4.78, 5) is 26.0. The van der Waals surface area contributed by atoms with Crippen molar-refractivity contribution in [3.05, 3.63) is 70.1 Å². The van der Waals surface area contributed by atoms with Crippen molar-refractivity contribution in [2.75, 3.05) is 6.54 Å². The molecule has 0 aromatic carbocycles. The molecule has 0 bridgehead atoms. The van der Waals surface area contributed by atoms with Gasteiger partial charge in [-0.3, -0.25) is 14.7 Å². The highest BCUT2D eigenvalue weighted by Crippen LogP contribution is 2.20. The molecule has 0 fully saturated rings. The van der Waals surface area contributed by atoms with Crippen LogP contribution in [0.2, 0.25) is 0 Å². The Morgan fingerprint density at radius 2 is 2.13 bits per heavy atom. The van der Waals surface area contributed by atoms with Gasteiger partial charge in [-0.2, -0.15) is 0 Å². The van der Waals surface area contributed by atoms with Gasteiger partial charge in [-0.1, -0.05) is 0 Å². The van der Waals surface area contributed by atoms with Gasteiger partial charge in [0.2, 0.25) is 0 Å². The SMILES string of the molecule is O=c1[nH]c(-c2ccco2)nc2c1CCN(Cc1ccncc1)C2.